The summed E-state index contributed by atoms with van der Waals surface area (Å²) in [6.45, 7) is 6.15. The minimum Gasteiger partial charge on any atom is -0.389 e. The lowest BCUT2D eigenvalue weighted by molar-refractivity contribution is 0.196. The summed E-state index contributed by atoms with van der Waals surface area (Å²) in [6, 6.07) is 7.61. The third kappa shape index (κ3) is 4.41. The summed E-state index contributed by atoms with van der Waals surface area (Å²) in [5.41, 5.74) is 1.57. The first-order chi connectivity index (χ1) is 8.04. The standard InChI is InChI=1S/C14H19NOS/c1-10(2)6-7-17-14-8-12(9-15)4-5-13(14)11(3)16/h4-5,8,10-11,16H,6-7H2,1-3H3/t11-/m1/s1. The SMILES string of the molecule is CC(C)CCSc1cc(C#N)ccc1[C@@H](C)O. The molecule has 0 aliphatic rings. The highest BCUT2D eigenvalue weighted by atomic mass is 32.2. The first-order valence-corrected chi connectivity index (χ1v) is 6.88. The smallest absolute Gasteiger partial charge is 0.0992 e. The lowest BCUT2D eigenvalue weighted by atomic mass is 10.1. The molecule has 1 aromatic rings. The highest BCUT2D eigenvalue weighted by Crippen LogP contribution is 2.29. The number of thioether (sulfide) groups is 1. The van der Waals surface area contributed by atoms with Crippen molar-refractivity contribution in [3.63, 3.8) is 0 Å². The Morgan fingerprint density at radius 3 is 2.59 bits per heavy atom. The molecule has 0 saturated carbocycles. The summed E-state index contributed by atoms with van der Waals surface area (Å²) in [5, 5.41) is 18.6. The van der Waals surface area contributed by atoms with Gasteiger partial charge in [-0.15, -0.1) is 11.8 Å². The molecule has 0 aliphatic heterocycles. The number of rotatable bonds is 5. The molecular formula is C14H19NOS. The Kier molecular flexibility index (Phi) is 5.54. The van der Waals surface area contributed by atoms with E-state index in [4.69, 9.17) is 5.26 Å². The van der Waals surface area contributed by atoms with Crippen LogP contribution in [0.1, 0.15) is 44.4 Å². The number of aliphatic hydroxyl groups is 1. The Morgan fingerprint density at radius 2 is 2.06 bits per heavy atom. The van der Waals surface area contributed by atoms with Crippen molar-refractivity contribution in [1.29, 1.82) is 5.26 Å². The van der Waals surface area contributed by atoms with Gasteiger partial charge in [-0.2, -0.15) is 5.26 Å². The van der Waals surface area contributed by atoms with Gasteiger partial charge in [0.2, 0.25) is 0 Å². The van der Waals surface area contributed by atoms with E-state index in [-0.39, 0.29) is 0 Å². The average molecular weight is 249 g/mol. The van der Waals surface area contributed by atoms with Crippen LogP contribution in [0.15, 0.2) is 23.1 Å². The van der Waals surface area contributed by atoms with Gasteiger partial charge in [0.1, 0.15) is 0 Å². The second-order valence-electron chi connectivity index (χ2n) is 4.57. The van der Waals surface area contributed by atoms with Crippen LogP contribution in [0, 0.1) is 17.2 Å². The molecule has 0 aliphatic carbocycles. The van der Waals surface area contributed by atoms with Crippen LogP contribution < -0.4 is 0 Å². The van der Waals surface area contributed by atoms with E-state index in [1.54, 1.807) is 24.8 Å². The lowest BCUT2D eigenvalue weighted by Gasteiger charge is -2.12. The van der Waals surface area contributed by atoms with E-state index in [0.717, 1.165) is 22.6 Å². The number of aliphatic hydroxyl groups excluding tert-OH is 1. The summed E-state index contributed by atoms with van der Waals surface area (Å²) in [6.07, 6.45) is 0.657. The van der Waals surface area contributed by atoms with Crippen LogP contribution in [0.2, 0.25) is 0 Å². The Hall–Kier alpha value is -0.980. The topological polar surface area (TPSA) is 44.0 Å². The summed E-state index contributed by atoms with van der Waals surface area (Å²) in [5.74, 6) is 1.70. The second-order valence-corrected chi connectivity index (χ2v) is 5.71. The molecule has 0 fully saturated rings. The predicted molar refractivity (Wildman–Crippen MR) is 72.0 cm³/mol. The van der Waals surface area contributed by atoms with Crippen LogP contribution >= 0.6 is 11.8 Å². The summed E-state index contributed by atoms with van der Waals surface area (Å²) >= 11 is 1.72. The van der Waals surface area contributed by atoms with Gasteiger partial charge in [-0.25, -0.2) is 0 Å². The lowest BCUT2D eigenvalue weighted by Crippen LogP contribution is -1.96. The third-order valence-electron chi connectivity index (χ3n) is 2.55. The van der Waals surface area contributed by atoms with Crippen LogP contribution in [0.4, 0.5) is 0 Å². The van der Waals surface area contributed by atoms with Gasteiger partial charge in [0.25, 0.3) is 0 Å². The van der Waals surface area contributed by atoms with Gasteiger partial charge in [-0.3, -0.25) is 0 Å². The zero-order valence-corrected chi connectivity index (χ0v) is 11.4. The highest BCUT2D eigenvalue weighted by molar-refractivity contribution is 7.99. The molecule has 1 N–H and O–H groups in total. The fraction of sp³-hybridized carbons (Fsp3) is 0.500. The third-order valence-corrected chi connectivity index (χ3v) is 3.65. The molecule has 2 nitrogen and oxygen atoms in total. The molecule has 1 atom stereocenters. The van der Waals surface area contributed by atoms with Crippen LogP contribution in [0.3, 0.4) is 0 Å². The summed E-state index contributed by atoms with van der Waals surface area (Å²) in [7, 11) is 0. The Balaban J connectivity index is 2.83. The number of benzene rings is 1. The zero-order valence-electron chi connectivity index (χ0n) is 10.6. The van der Waals surface area contributed by atoms with Crippen LogP contribution in [0.25, 0.3) is 0 Å². The van der Waals surface area contributed by atoms with E-state index in [1.165, 1.54) is 0 Å². The molecule has 0 spiro atoms. The Labute approximate surface area is 108 Å². The van der Waals surface area contributed by atoms with Crippen molar-refractivity contribution >= 4 is 11.8 Å². The predicted octanol–water partition coefficient (Wildman–Crippen LogP) is 3.75. The first kappa shape index (κ1) is 14.1. The Bertz CT molecular complexity index is 407. The van der Waals surface area contributed by atoms with Crippen molar-refractivity contribution in [3.05, 3.63) is 29.3 Å². The minimum absolute atomic E-state index is 0.482. The summed E-state index contributed by atoms with van der Waals surface area (Å²) < 4.78 is 0. The van der Waals surface area contributed by atoms with Gasteiger partial charge in [0.05, 0.1) is 17.7 Å². The zero-order chi connectivity index (χ0) is 12.8. The number of nitriles is 1. The van der Waals surface area contributed by atoms with Gasteiger partial charge < -0.3 is 5.11 Å². The van der Waals surface area contributed by atoms with E-state index < -0.39 is 6.10 Å². The highest BCUT2D eigenvalue weighted by Gasteiger charge is 2.09. The number of hydrogen-bond acceptors (Lipinski definition) is 3. The molecule has 92 valence electrons. The van der Waals surface area contributed by atoms with E-state index >= 15 is 0 Å². The second kappa shape index (κ2) is 6.68. The van der Waals surface area contributed by atoms with Crippen LogP contribution in [-0.2, 0) is 0 Å². The van der Waals surface area contributed by atoms with Crippen molar-refractivity contribution in [2.75, 3.05) is 5.75 Å². The first-order valence-electron chi connectivity index (χ1n) is 5.89. The molecule has 0 heterocycles. The van der Waals surface area contributed by atoms with Crippen molar-refractivity contribution in [1.82, 2.24) is 0 Å². The van der Waals surface area contributed by atoms with Gasteiger partial charge in [-0.05, 0) is 42.7 Å². The molecule has 0 aromatic heterocycles. The molecular weight excluding hydrogens is 230 g/mol. The average Bonchev–Trinajstić information content (AvgIpc) is 2.28. The van der Waals surface area contributed by atoms with Crippen molar-refractivity contribution in [2.45, 2.75) is 38.2 Å². The Morgan fingerprint density at radius 1 is 1.35 bits per heavy atom. The van der Waals surface area contributed by atoms with E-state index in [2.05, 4.69) is 19.9 Å². The molecule has 0 saturated heterocycles. The van der Waals surface area contributed by atoms with E-state index in [1.807, 2.05) is 12.1 Å². The molecule has 0 bridgehead atoms. The van der Waals surface area contributed by atoms with Crippen LogP contribution in [0.5, 0.6) is 0 Å². The van der Waals surface area contributed by atoms with Gasteiger partial charge >= 0.3 is 0 Å². The molecule has 0 amide bonds. The maximum Gasteiger partial charge on any atom is 0.0992 e. The van der Waals surface area contributed by atoms with Gasteiger partial charge in [-0.1, -0.05) is 19.9 Å². The van der Waals surface area contributed by atoms with Crippen LogP contribution in [-0.4, -0.2) is 10.9 Å². The maximum absolute atomic E-state index is 9.68. The monoisotopic (exact) mass is 249 g/mol. The largest absolute Gasteiger partial charge is 0.389 e. The quantitative estimate of drug-likeness (QED) is 0.808. The minimum atomic E-state index is -0.482. The molecule has 3 heteroatoms. The fourth-order valence-corrected chi connectivity index (χ4v) is 2.90. The van der Waals surface area contributed by atoms with Crippen molar-refractivity contribution in [2.24, 2.45) is 5.92 Å². The molecule has 17 heavy (non-hydrogen) atoms. The van der Waals surface area contributed by atoms with Gasteiger partial charge in [0, 0.05) is 4.90 Å². The summed E-state index contributed by atoms with van der Waals surface area (Å²) in [4.78, 5) is 1.03. The fourth-order valence-electron chi connectivity index (χ4n) is 1.48. The number of nitrogens with zero attached hydrogens (tertiary/aromatic N) is 1. The normalized spacial score (nSPS) is 12.5. The molecule has 1 rings (SSSR count). The maximum atomic E-state index is 9.68. The van der Waals surface area contributed by atoms with E-state index in [9.17, 15) is 5.11 Å². The number of hydrogen-bond donors (Lipinski definition) is 1. The van der Waals surface area contributed by atoms with Crippen molar-refractivity contribution in [3.8, 4) is 6.07 Å². The molecule has 0 unspecified atom stereocenters. The molecule has 1 aromatic carbocycles. The van der Waals surface area contributed by atoms with Gasteiger partial charge in [0.15, 0.2) is 0 Å². The molecule has 0 radical (unpaired) electrons. The van der Waals surface area contributed by atoms with Crippen molar-refractivity contribution < 1.29 is 5.11 Å². The van der Waals surface area contributed by atoms with E-state index in [0.29, 0.717) is 11.5 Å².